The first kappa shape index (κ1) is 16.0. The Hall–Kier alpha value is -1.03. The van der Waals surface area contributed by atoms with Gasteiger partial charge in [-0.15, -0.1) is 0 Å². The fourth-order valence-corrected chi connectivity index (χ4v) is 2.49. The summed E-state index contributed by atoms with van der Waals surface area (Å²) in [5.74, 6) is -0.888. The lowest BCUT2D eigenvalue weighted by Crippen LogP contribution is -2.20. The van der Waals surface area contributed by atoms with Gasteiger partial charge in [-0.2, -0.15) is 0 Å². The molecule has 0 aliphatic rings. The van der Waals surface area contributed by atoms with E-state index in [-0.39, 0.29) is 0 Å². The molecule has 1 aromatic carbocycles. The number of unbranched alkanes of at least 4 members (excludes halogenated alkanes) is 1. The van der Waals surface area contributed by atoms with Crippen LogP contribution in [-0.4, -0.2) is 17.1 Å². The van der Waals surface area contributed by atoms with Crippen LogP contribution in [0.5, 0.6) is 0 Å². The number of rotatable bonds is 8. The van der Waals surface area contributed by atoms with E-state index in [1.54, 1.807) is 12.1 Å². The Kier molecular flexibility index (Phi) is 6.92. The van der Waals surface area contributed by atoms with Crippen molar-refractivity contribution in [2.45, 2.75) is 52.0 Å². The van der Waals surface area contributed by atoms with Crippen molar-refractivity contribution < 1.29 is 9.90 Å². The number of carbonyl (C=O) groups is 1. The molecule has 0 saturated heterocycles. The van der Waals surface area contributed by atoms with Crippen molar-refractivity contribution in [2.75, 3.05) is 5.32 Å². The van der Waals surface area contributed by atoms with Crippen LogP contribution in [0.1, 0.15) is 56.3 Å². The Labute approximate surface area is 123 Å². The second-order valence-electron chi connectivity index (χ2n) is 4.77. The normalized spacial score (nSPS) is 12.2. The number of hydrogen-bond donors (Lipinski definition) is 2. The van der Waals surface area contributed by atoms with E-state index in [2.05, 4.69) is 35.1 Å². The van der Waals surface area contributed by atoms with Crippen molar-refractivity contribution in [3.05, 3.63) is 28.2 Å². The zero-order valence-corrected chi connectivity index (χ0v) is 13.2. The van der Waals surface area contributed by atoms with Crippen LogP contribution in [0.4, 0.5) is 5.69 Å². The lowest BCUT2D eigenvalue weighted by molar-refractivity contribution is 0.0698. The molecule has 19 heavy (non-hydrogen) atoms. The zero-order valence-electron chi connectivity index (χ0n) is 11.6. The summed E-state index contributed by atoms with van der Waals surface area (Å²) in [4.78, 5) is 11.2. The molecular formula is C15H22BrNO2. The highest BCUT2D eigenvalue weighted by molar-refractivity contribution is 9.10. The third kappa shape index (κ3) is 5.23. The molecule has 0 aliphatic heterocycles. The van der Waals surface area contributed by atoms with Crippen LogP contribution in [0.25, 0.3) is 0 Å². The first-order valence-electron chi connectivity index (χ1n) is 6.87. The highest BCUT2D eigenvalue weighted by Crippen LogP contribution is 2.24. The second-order valence-corrected chi connectivity index (χ2v) is 5.68. The number of nitrogens with one attached hydrogen (secondary N) is 1. The monoisotopic (exact) mass is 327 g/mol. The maximum atomic E-state index is 11.2. The fraction of sp³-hybridized carbons (Fsp3) is 0.533. The fourth-order valence-electron chi connectivity index (χ4n) is 2.13. The number of carboxylic acid groups (broad SMARTS) is 1. The number of aromatic carboxylic acids is 1. The Balaban J connectivity index is 2.87. The Morgan fingerprint density at radius 2 is 2.05 bits per heavy atom. The number of anilines is 1. The minimum Gasteiger partial charge on any atom is -0.478 e. The standard InChI is InChI=1S/C15H22BrNO2/c1-3-5-7-12(6-4-2)17-14-10-11(16)8-9-13(14)15(18)19/h8-10,12,17H,3-7H2,1-2H3,(H,18,19). The van der Waals surface area contributed by atoms with Gasteiger partial charge < -0.3 is 10.4 Å². The van der Waals surface area contributed by atoms with Gasteiger partial charge >= 0.3 is 5.97 Å². The van der Waals surface area contributed by atoms with Gasteiger partial charge in [0.25, 0.3) is 0 Å². The lowest BCUT2D eigenvalue weighted by atomic mass is 10.0. The predicted octanol–water partition coefficient (Wildman–Crippen LogP) is 4.92. The van der Waals surface area contributed by atoms with Gasteiger partial charge in [-0.05, 0) is 31.0 Å². The summed E-state index contributed by atoms with van der Waals surface area (Å²) in [5, 5.41) is 12.6. The van der Waals surface area contributed by atoms with Crippen molar-refractivity contribution >= 4 is 27.6 Å². The third-order valence-corrected chi connectivity index (χ3v) is 3.61. The van der Waals surface area contributed by atoms with Gasteiger partial charge in [0.15, 0.2) is 0 Å². The maximum absolute atomic E-state index is 11.2. The Morgan fingerprint density at radius 1 is 1.32 bits per heavy atom. The molecule has 1 atom stereocenters. The van der Waals surface area contributed by atoms with Crippen LogP contribution >= 0.6 is 15.9 Å². The van der Waals surface area contributed by atoms with Crippen LogP contribution in [0.3, 0.4) is 0 Å². The van der Waals surface area contributed by atoms with Gasteiger partial charge in [0.2, 0.25) is 0 Å². The molecule has 0 aromatic heterocycles. The van der Waals surface area contributed by atoms with E-state index < -0.39 is 5.97 Å². The van der Waals surface area contributed by atoms with Crippen LogP contribution in [0, 0.1) is 0 Å². The van der Waals surface area contributed by atoms with Crippen molar-refractivity contribution in [2.24, 2.45) is 0 Å². The molecule has 0 heterocycles. The zero-order chi connectivity index (χ0) is 14.3. The van der Waals surface area contributed by atoms with Gasteiger partial charge in [-0.25, -0.2) is 4.79 Å². The van der Waals surface area contributed by atoms with Gasteiger partial charge in [0.1, 0.15) is 0 Å². The lowest BCUT2D eigenvalue weighted by Gasteiger charge is -2.20. The van der Waals surface area contributed by atoms with Crippen molar-refractivity contribution in [3.8, 4) is 0 Å². The van der Waals surface area contributed by atoms with E-state index in [0.29, 0.717) is 17.3 Å². The molecule has 0 saturated carbocycles. The molecule has 1 unspecified atom stereocenters. The molecule has 4 heteroatoms. The largest absolute Gasteiger partial charge is 0.478 e. The van der Waals surface area contributed by atoms with Crippen LogP contribution in [0.2, 0.25) is 0 Å². The molecule has 1 rings (SSSR count). The summed E-state index contributed by atoms with van der Waals surface area (Å²) in [6.07, 6.45) is 5.56. The van der Waals surface area contributed by atoms with Crippen LogP contribution in [-0.2, 0) is 0 Å². The minimum atomic E-state index is -0.888. The molecule has 0 radical (unpaired) electrons. The highest BCUT2D eigenvalue weighted by Gasteiger charge is 2.14. The summed E-state index contributed by atoms with van der Waals surface area (Å²) in [6, 6.07) is 5.59. The van der Waals surface area contributed by atoms with E-state index in [1.165, 1.54) is 0 Å². The predicted molar refractivity (Wildman–Crippen MR) is 82.9 cm³/mol. The van der Waals surface area contributed by atoms with E-state index in [9.17, 15) is 9.90 Å². The second kappa shape index (κ2) is 8.20. The smallest absolute Gasteiger partial charge is 0.337 e. The van der Waals surface area contributed by atoms with Gasteiger partial charge in [-0.1, -0.05) is 49.0 Å². The summed E-state index contributed by atoms with van der Waals surface area (Å²) in [7, 11) is 0. The number of carboxylic acids is 1. The SMILES string of the molecule is CCCCC(CCC)Nc1cc(Br)ccc1C(=O)O. The molecule has 1 aromatic rings. The van der Waals surface area contributed by atoms with Crippen LogP contribution < -0.4 is 5.32 Å². The molecular weight excluding hydrogens is 306 g/mol. The maximum Gasteiger partial charge on any atom is 0.337 e. The van der Waals surface area contributed by atoms with Crippen molar-refractivity contribution in [1.29, 1.82) is 0 Å². The summed E-state index contributed by atoms with van der Waals surface area (Å²) in [6.45, 7) is 4.32. The average molecular weight is 328 g/mol. The third-order valence-electron chi connectivity index (χ3n) is 3.11. The molecule has 0 fully saturated rings. The van der Waals surface area contributed by atoms with Crippen molar-refractivity contribution in [3.63, 3.8) is 0 Å². The Morgan fingerprint density at radius 3 is 2.63 bits per heavy atom. The van der Waals surface area contributed by atoms with Gasteiger partial charge in [0.05, 0.1) is 11.3 Å². The van der Waals surface area contributed by atoms with E-state index in [0.717, 1.165) is 36.6 Å². The highest BCUT2D eigenvalue weighted by atomic mass is 79.9. The van der Waals surface area contributed by atoms with E-state index in [1.807, 2.05) is 6.07 Å². The molecule has 0 spiro atoms. The molecule has 0 amide bonds. The van der Waals surface area contributed by atoms with Gasteiger partial charge in [0, 0.05) is 10.5 Å². The van der Waals surface area contributed by atoms with E-state index >= 15 is 0 Å². The summed E-state index contributed by atoms with van der Waals surface area (Å²) >= 11 is 3.39. The average Bonchev–Trinajstić information content (AvgIpc) is 2.36. The molecule has 106 valence electrons. The quantitative estimate of drug-likeness (QED) is 0.712. The first-order valence-corrected chi connectivity index (χ1v) is 7.67. The number of benzene rings is 1. The van der Waals surface area contributed by atoms with E-state index in [4.69, 9.17) is 0 Å². The topological polar surface area (TPSA) is 49.3 Å². The molecule has 0 aliphatic carbocycles. The molecule has 2 N–H and O–H groups in total. The van der Waals surface area contributed by atoms with Crippen LogP contribution in [0.15, 0.2) is 22.7 Å². The van der Waals surface area contributed by atoms with Gasteiger partial charge in [-0.3, -0.25) is 0 Å². The summed E-state index contributed by atoms with van der Waals surface area (Å²) < 4.78 is 0.894. The van der Waals surface area contributed by atoms with Crippen molar-refractivity contribution in [1.82, 2.24) is 0 Å². The number of halogens is 1. The molecule has 0 bridgehead atoms. The minimum absolute atomic E-state index is 0.334. The molecule has 3 nitrogen and oxygen atoms in total. The Bertz CT molecular complexity index is 421. The summed E-state index contributed by atoms with van der Waals surface area (Å²) in [5.41, 5.74) is 1.04. The first-order chi connectivity index (χ1) is 9.08. The number of hydrogen-bond acceptors (Lipinski definition) is 2.